The standard InChI is InChI=1S/C14H12FN5O3/c1-2-23-12(21)8-19-14(22)11-7-16-20(13(11)17-18-19)10-5-3-9(15)4-6-10/h3-7H,2,8H2,1H3. The molecule has 2 aromatic heterocycles. The van der Waals surface area contributed by atoms with E-state index in [1.807, 2.05) is 0 Å². The highest BCUT2D eigenvalue weighted by atomic mass is 19.1. The van der Waals surface area contributed by atoms with Crippen molar-refractivity contribution in [2.45, 2.75) is 13.5 Å². The van der Waals surface area contributed by atoms with Crippen LogP contribution in [0.5, 0.6) is 0 Å². The van der Waals surface area contributed by atoms with Gasteiger partial charge in [0.25, 0.3) is 5.56 Å². The maximum Gasteiger partial charge on any atom is 0.327 e. The molecule has 0 aliphatic carbocycles. The molecule has 0 N–H and O–H groups in total. The summed E-state index contributed by atoms with van der Waals surface area (Å²) in [5.41, 5.74) is 0.261. The van der Waals surface area contributed by atoms with Gasteiger partial charge in [0, 0.05) is 0 Å². The lowest BCUT2D eigenvalue weighted by atomic mass is 10.3. The molecule has 0 unspecified atom stereocenters. The summed E-state index contributed by atoms with van der Waals surface area (Å²) in [6.07, 6.45) is 1.33. The van der Waals surface area contributed by atoms with Gasteiger partial charge in [-0.1, -0.05) is 5.21 Å². The second kappa shape index (κ2) is 5.95. The number of hydrogen-bond acceptors (Lipinski definition) is 6. The minimum absolute atomic E-state index is 0.202. The van der Waals surface area contributed by atoms with Crippen molar-refractivity contribution in [2.24, 2.45) is 0 Å². The quantitative estimate of drug-likeness (QED) is 0.657. The molecule has 2 heterocycles. The summed E-state index contributed by atoms with van der Waals surface area (Å²) in [5.74, 6) is -0.956. The van der Waals surface area contributed by atoms with Crippen LogP contribution in [0.3, 0.4) is 0 Å². The monoisotopic (exact) mass is 317 g/mol. The number of fused-ring (bicyclic) bond motifs is 1. The van der Waals surface area contributed by atoms with Crippen LogP contribution in [0.4, 0.5) is 4.39 Å². The zero-order valence-corrected chi connectivity index (χ0v) is 12.1. The van der Waals surface area contributed by atoms with Gasteiger partial charge < -0.3 is 4.74 Å². The summed E-state index contributed by atoms with van der Waals surface area (Å²) in [7, 11) is 0. The molecule has 0 atom stereocenters. The molecular formula is C14H12FN5O3. The van der Waals surface area contributed by atoms with Gasteiger partial charge >= 0.3 is 5.97 Å². The third kappa shape index (κ3) is 2.80. The number of carbonyl (C=O) groups excluding carboxylic acids is 1. The molecule has 1 aromatic carbocycles. The first-order chi connectivity index (χ1) is 11.1. The minimum Gasteiger partial charge on any atom is -0.465 e. The van der Waals surface area contributed by atoms with E-state index in [0.717, 1.165) is 4.68 Å². The van der Waals surface area contributed by atoms with Crippen LogP contribution < -0.4 is 5.56 Å². The average Bonchev–Trinajstić information content (AvgIpc) is 2.96. The van der Waals surface area contributed by atoms with Crippen LogP contribution in [0.25, 0.3) is 16.7 Å². The second-order valence-corrected chi connectivity index (χ2v) is 4.63. The number of ether oxygens (including phenoxy) is 1. The lowest BCUT2D eigenvalue weighted by Gasteiger charge is -2.04. The highest BCUT2D eigenvalue weighted by Crippen LogP contribution is 2.13. The first-order valence-corrected chi connectivity index (χ1v) is 6.83. The molecule has 0 aliphatic heterocycles. The van der Waals surface area contributed by atoms with Gasteiger partial charge in [0.15, 0.2) is 5.65 Å². The molecule has 0 bridgehead atoms. The number of carbonyl (C=O) groups is 1. The van der Waals surface area contributed by atoms with E-state index in [1.165, 1.54) is 35.1 Å². The molecule has 0 saturated heterocycles. The van der Waals surface area contributed by atoms with Crippen LogP contribution in [-0.4, -0.2) is 37.4 Å². The molecule has 0 fully saturated rings. The molecule has 118 valence electrons. The maximum atomic E-state index is 13.0. The van der Waals surface area contributed by atoms with Gasteiger partial charge in [0.05, 0.1) is 18.5 Å². The van der Waals surface area contributed by atoms with E-state index < -0.39 is 11.5 Å². The van der Waals surface area contributed by atoms with Gasteiger partial charge in [-0.25, -0.2) is 9.07 Å². The van der Waals surface area contributed by atoms with Crippen LogP contribution in [-0.2, 0) is 16.1 Å². The van der Waals surface area contributed by atoms with Gasteiger partial charge in [-0.15, -0.1) is 5.10 Å². The van der Waals surface area contributed by atoms with Crippen LogP contribution in [0.2, 0.25) is 0 Å². The Morgan fingerprint density at radius 3 is 2.74 bits per heavy atom. The molecule has 3 rings (SSSR count). The van der Waals surface area contributed by atoms with Crippen LogP contribution in [0.15, 0.2) is 35.3 Å². The van der Waals surface area contributed by atoms with Crippen molar-refractivity contribution in [3.63, 3.8) is 0 Å². The van der Waals surface area contributed by atoms with E-state index in [9.17, 15) is 14.0 Å². The zero-order valence-electron chi connectivity index (χ0n) is 12.1. The van der Waals surface area contributed by atoms with Crippen molar-refractivity contribution in [3.8, 4) is 5.69 Å². The van der Waals surface area contributed by atoms with E-state index in [1.54, 1.807) is 6.92 Å². The molecular weight excluding hydrogens is 305 g/mol. The smallest absolute Gasteiger partial charge is 0.327 e. The van der Waals surface area contributed by atoms with Crippen molar-refractivity contribution in [1.29, 1.82) is 0 Å². The van der Waals surface area contributed by atoms with Crippen LogP contribution in [0, 0.1) is 5.82 Å². The predicted molar refractivity (Wildman–Crippen MR) is 77.5 cm³/mol. The summed E-state index contributed by atoms with van der Waals surface area (Å²) in [6, 6.07) is 5.57. The fourth-order valence-corrected chi connectivity index (χ4v) is 2.07. The fourth-order valence-electron chi connectivity index (χ4n) is 2.07. The summed E-state index contributed by atoms with van der Waals surface area (Å²) in [6.45, 7) is 1.56. The van der Waals surface area contributed by atoms with Crippen LogP contribution in [0.1, 0.15) is 6.92 Å². The van der Waals surface area contributed by atoms with Gasteiger partial charge in [0.2, 0.25) is 0 Å². The summed E-state index contributed by atoms with van der Waals surface area (Å²) in [5, 5.41) is 11.9. The molecule has 8 nitrogen and oxygen atoms in total. The molecule has 0 radical (unpaired) electrons. The van der Waals surface area contributed by atoms with E-state index in [4.69, 9.17) is 4.74 Å². The lowest BCUT2D eigenvalue weighted by molar-refractivity contribution is -0.144. The Labute approximate surface area is 129 Å². The molecule has 3 aromatic rings. The maximum absolute atomic E-state index is 13.0. The molecule has 23 heavy (non-hydrogen) atoms. The third-order valence-electron chi connectivity index (χ3n) is 3.11. The van der Waals surface area contributed by atoms with E-state index >= 15 is 0 Å². The molecule has 0 spiro atoms. The first-order valence-electron chi connectivity index (χ1n) is 6.83. The first kappa shape index (κ1) is 14.8. The Kier molecular flexibility index (Phi) is 3.83. The Morgan fingerprint density at radius 1 is 1.30 bits per heavy atom. The van der Waals surface area contributed by atoms with E-state index in [-0.39, 0.29) is 30.0 Å². The van der Waals surface area contributed by atoms with Crippen molar-refractivity contribution in [3.05, 3.63) is 46.6 Å². The fraction of sp³-hybridized carbons (Fsp3) is 0.214. The van der Waals surface area contributed by atoms with Gasteiger partial charge in [0.1, 0.15) is 17.7 Å². The largest absolute Gasteiger partial charge is 0.465 e. The number of aromatic nitrogens is 5. The van der Waals surface area contributed by atoms with E-state index in [0.29, 0.717) is 5.69 Å². The molecule has 0 saturated carbocycles. The van der Waals surface area contributed by atoms with Crippen molar-refractivity contribution in [1.82, 2.24) is 24.8 Å². The highest BCUT2D eigenvalue weighted by Gasteiger charge is 2.14. The van der Waals surface area contributed by atoms with Crippen molar-refractivity contribution >= 4 is 17.0 Å². The normalized spacial score (nSPS) is 10.9. The minimum atomic E-state index is -0.575. The average molecular weight is 317 g/mol. The van der Waals surface area contributed by atoms with Gasteiger partial charge in [-0.05, 0) is 31.2 Å². The number of halogens is 1. The lowest BCUT2D eigenvalue weighted by Crippen LogP contribution is -2.28. The number of benzene rings is 1. The summed E-state index contributed by atoms with van der Waals surface area (Å²) < 4.78 is 20.1. The number of hydrogen-bond donors (Lipinski definition) is 0. The van der Waals surface area contributed by atoms with Gasteiger partial charge in [-0.3, -0.25) is 9.59 Å². The Morgan fingerprint density at radius 2 is 2.04 bits per heavy atom. The van der Waals surface area contributed by atoms with Crippen LogP contribution >= 0.6 is 0 Å². The van der Waals surface area contributed by atoms with Crippen molar-refractivity contribution in [2.75, 3.05) is 6.61 Å². The summed E-state index contributed by atoms with van der Waals surface area (Å²) >= 11 is 0. The topological polar surface area (TPSA) is 91.9 Å². The Bertz CT molecular complexity index is 916. The summed E-state index contributed by atoms with van der Waals surface area (Å²) in [4.78, 5) is 23.8. The number of nitrogens with zero attached hydrogens (tertiary/aromatic N) is 5. The Balaban J connectivity index is 2.02. The third-order valence-corrected chi connectivity index (χ3v) is 3.11. The second-order valence-electron chi connectivity index (χ2n) is 4.63. The highest BCUT2D eigenvalue weighted by molar-refractivity contribution is 5.75. The molecule has 0 aliphatic rings. The zero-order chi connectivity index (χ0) is 16.4. The van der Waals surface area contributed by atoms with E-state index in [2.05, 4.69) is 15.4 Å². The van der Waals surface area contributed by atoms with Gasteiger partial charge in [-0.2, -0.15) is 9.78 Å². The number of esters is 1. The van der Waals surface area contributed by atoms with Crippen molar-refractivity contribution < 1.29 is 13.9 Å². The number of rotatable bonds is 4. The Hall–Kier alpha value is -3.10. The molecule has 9 heteroatoms. The molecule has 0 amide bonds. The SMILES string of the molecule is CCOC(=O)Cn1nnc2c(cnn2-c2ccc(F)cc2)c1=O. The predicted octanol–water partition coefficient (Wildman–Crippen LogP) is 0.679.